The number of hydrogen-bond donors (Lipinski definition) is 0. The first-order chi connectivity index (χ1) is 7.46. The average Bonchev–Trinajstić information content (AvgIpc) is 2.75. The van der Waals surface area contributed by atoms with Gasteiger partial charge in [-0.2, -0.15) is 11.3 Å². The predicted molar refractivity (Wildman–Crippen MR) is 69.7 cm³/mol. The van der Waals surface area contributed by atoms with E-state index in [-0.39, 0.29) is 10.8 Å². The minimum Gasteiger partial charge on any atom is -0.152 e. The van der Waals surface area contributed by atoms with Crippen LogP contribution in [0.5, 0.6) is 0 Å². The van der Waals surface area contributed by atoms with Crippen molar-refractivity contribution in [3.63, 3.8) is 0 Å². The third kappa shape index (κ3) is 0.693. The second-order valence-corrected chi connectivity index (χ2v) is 8.10. The molecule has 2 bridgehead atoms. The van der Waals surface area contributed by atoms with Crippen molar-refractivity contribution >= 4 is 34.5 Å². The third-order valence-corrected chi connectivity index (χ3v) is 7.94. The minimum absolute atomic E-state index is 0.0611. The lowest BCUT2D eigenvalue weighted by Crippen LogP contribution is -2.14. The molecule has 0 amide bonds. The Balaban J connectivity index is 1.96. The summed E-state index contributed by atoms with van der Waals surface area (Å²) in [5.74, 6) is 1.23. The molecule has 4 rings (SSSR count). The van der Waals surface area contributed by atoms with Gasteiger partial charge in [-0.25, -0.2) is 0 Å². The van der Waals surface area contributed by atoms with Gasteiger partial charge in [-0.15, -0.1) is 23.2 Å². The van der Waals surface area contributed by atoms with Gasteiger partial charge < -0.3 is 0 Å². The summed E-state index contributed by atoms with van der Waals surface area (Å²) in [4.78, 5) is 0. The molecule has 2 unspecified atom stereocenters. The maximum Gasteiger partial charge on any atom is 0.131 e. The van der Waals surface area contributed by atoms with Gasteiger partial charge in [0.25, 0.3) is 0 Å². The molecule has 1 spiro atoms. The van der Waals surface area contributed by atoms with Gasteiger partial charge in [0.15, 0.2) is 0 Å². The molecule has 16 heavy (non-hydrogen) atoms. The van der Waals surface area contributed by atoms with E-state index < -0.39 is 4.33 Å². The van der Waals surface area contributed by atoms with E-state index in [0.717, 1.165) is 0 Å². The van der Waals surface area contributed by atoms with Gasteiger partial charge in [-0.05, 0) is 46.6 Å². The maximum absolute atomic E-state index is 6.64. The Kier molecular flexibility index (Phi) is 1.60. The third-order valence-electron chi connectivity index (χ3n) is 5.59. The quantitative estimate of drug-likeness (QED) is 0.588. The van der Waals surface area contributed by atoms with Crippen LogP contribution >= 0.6 is 34.5 Å². The van der Waals surface area contributed by atoms with Crippen molar-refractivity contribution in [2.75, 3.05) is 0 Å². The van der Waals surface area contributed by atoms with Crippen molar-refractivity contribution in [2.45, 2.75) is 42.9 Å². The van der Waals surface area contributed by atoms with Crippen molar-refractivity contribution in [1.82, 2.24) is 0 Å². The number of hydrogen-bond acceptors (Lipinski definition) is 1. The summed E-state index contributed by atoms with van der Waals surface area (Å²) in [5.41, 5.74) is 3.31. The van der Waals surface area contributed by atoms with Crippen LogP contribution in [0.3, 0.4) is 0 Å². The van der Waals surface area contributed by atoms with E-state index >= 15 is 0 Å². The van der Waals surface area contributed by atoms with Gasteiger partial charge in [-0.1, -0.05) is 13.8 Å². The van der Waals surface area contributed by atoms with E-state index in [9.17, 15) is 0 Å². The molecular formula is C13H14Cl2S. The summed E-state index contributed by atoms with van der Waals surface area (Å²) in [6, 6.07) is 0. The van der Waals surface area contributed by atoms with Crippen LogP contribution < -0.4 is 0 Å². The molecule has 2 atom stereocenters. The molecule has 86 valence electrons. The largest absolute Gasteiger partial charge is 0.152 e. The zero-order valence-electron chi connectivity index (χ0n) is 9.39. The lowest BCUT2D eigenvalue weighted by Gasteiger charge is -2.19. The molecule has 3 aliphatic carbocycles. The SMILES string of the molecule is CC1(C)C(Cl)(Cl)C12C1CCC2c2cscc21. The van der Waals surface area contributed by atoms with Gasteiger partial charge in [0.2, 0.25) is 0 Å². The Labute approximate surface area is 110 Å². The molecule has 0 aromatic carbocycles. The second kappa shape index (κ2) is 2.50. The monoisotopic (exact) mass is 272 g/mol. The highest BCUT2D eigenvalue weighted by molar-refractivity contribution is 7.08. The van der Waals surface area contributed by atoms with E-state index in [1.54, 1.807) is 11.1 Å². The van der Waals surface area contributed by atoms with Crippen LogP contribution in [-0.2, 0) is 0 Å². The maximum atomic E-state index is 6.64. The molecule has 2 saturated carbocycles. The van der Waals surface area contributed by atoms with Gasteiger partial charge >= 0.3 is 0 Å². The molecule has 0 saturated heterocycles. The molecule has 3 aliphatic rings. The van der Waals surface area contributed by atoms with Crippen molar-refractivity contribution in [1.29, 1.82) is 0 Å². The predicted octanol–water partition coefficient (Wildman–Crippen LogP) is 4.92. The fourth-order valence-corrected chi connectivity index (χ4v) is 7.04. The molecule has 0 nitrogen and oxygen atoms in total. The lowest BCUT2D eigenvalue weighted by molar-refractivity contribution is 0.346. The summed E-state index contributed by atoms with van der Waals surface area (Å²) in [7, 11) is 0. The summed E-state index contributed by atoms with van der Waals surface area (Å²) in [6.07, 6.45) is 2.55. The van der Waals surface area contributed by atoms with E-state index in [0.29, 0.717) is 11.8 Å². The van der Waals surface area contributed by atoms with Gasteiger partial charge in [0.1, 0.15) is 4.33 Å². The first-order valence-electron chi connectivity index (χ1n) is 5.90. The Hall–Kier alpha value is 0.280. The number of alkyl halides is 2. The highest BCUT2D eigenvalue weighted by atomic mass is 35.5. The fraction of sp³-hybridized carbons (Fsp3) is 0.692. The number of thiophene rings is 1. The normalized spacial score (nSPS) is 45.0. The summed E-state index contributed by atoms with van der Waals surface area (Å²) < 4.78 is -0.525. The van der Waals surface area contributed by atoms with E-state index in [4.69, 9.17) is 23.2 Å². The summed E-state index contributed by atoms with van der Waals surface area (Å²) in [5, 5.41) is 4.64. The second-order valence-electron chi connectivity index (χ2n) is 6.03. The number of rotatable bonds is 0. The standard InChI is InChI=1S/C13H14Cl2S/c1-11(2)12(13(11,14)15)9-3-4-10(12)8-6-16-5-7(8)9/h5-6,9-10H,3-4H2,1-2H3. The van der Waals surface area contributed by atoms with E-state index in [1.165, 1.54) is 12.8 Å². The molecule has 1 heterocycles. The van der Waals surface area contributed by atoms with Crippen molar-refractivity contribution in [3.05, 3.63) is 21.9 Å². The van der Waals surface area contributed by atoms with Gasteiger partial charge in [0, 0.05) is 10.8 Å². The molecular weight excluding hydrogens is 259 g/mol. The van der Waals surface area contributed by atoms with Crippen molar-refractivity contribution in [2.24, 2.45) is 10.8 Å². The van der Waals surface area contributed by atoms with Crippen LogP contribution in [0.25, 0.3) is 0 Å². The highest BCUT2D eigenvalue weighted by Crippen LogP contribution is 2.92. The van der Waals surface area contributed by atoms with E-state index in [1.807, 2.05) is 11.3 Å². The zero-order valence-corrected chi connectivity index (χ0v) is 11.7. The molecule has 2 fully saturated rings. The smallest absolute Gasteiger partial charge is 0.131 e. The minimum atomic E-state index is -0.525. The Bertz CT molecular complexity index is 443. The summed E-state index contributed by atoms with van der Waals surface area (Å²) in [6.45, 7) is 4.49. The van der Waals surface area contributed by atoms with Crippen LogP contribution in [0.2, 0.25) is 0 Å². The van der Waals surface area contributed by atoms with Crippen molar-refractivity contribution < 1.29 is 0 Å². The Morgan fingerprint density at radius 1 is 1.12 bits per heavy atom. The molecule has 0 radical (unpaired) electrons. The lowest BCUT2D eigenvalue weighted by atomic mass is 9.84. The Morgan fingerprint density at radius 3 is 1.94 bits per heavy atom. The first-order valence-corrected chi connectivity index (χ1v) is 7.60. The van der Waals surface area contributed by atoms with Crippen LogP contribution in [-0.4, -0.2) is 4.33 Å². The topological polar surface area (TPSA) is 0 Å². The van der Waals surface area contributed by atoms with Crippen LogP contribution in [0, 0.1) is 10.8 Å². The first kappa shape index (κ1) is 10.2. The molecule has 3 heteroatoms. The molecule has 1 aromatic rings. The van der Waals surface area contributed by atoms with Crippen LogP contribution in [0.1, 0.15) is 49.7 Å². The Morgan fingerprint density at radius 2 is 1.56 bits per heavy atom. The fourth-order valence-electron chi connectivity index (χ4n) is 4.86. The number of fused-ring (bicyclic) bond motifs is 3. The number of halogens is 2. The summed E-state index contributed by atoms with van der Waals surface area (Å²) >= 11 is 15.1. The molecule has 0 N–H and O–H groups in total. The van der Waals surface area contributed by atoms with Gasteiger partial charge in [-0.3, -0.25) is 0 Å². The molecule has 1 aromatic heterocycles. The van der Waals surface area contributed by atoms with Gasteiger partial charge in [0.05, 0.1) is 0 Å². The highest BCUT2D eigenvalue weighted by Gasteiger charge is 2.89. The van der Waals surface area contributed by atoms with E-state index in [2.05, 4.69) is 24.6 Å². The van der Waals surface area contributed by atoms with Crippen LogP contribution in [0.15, 0.2) is 10.8 Å². The molecule has 0 aliphatic heterocycles. The van der Waals surface area contributed by atoms with Crippen molar-refractivity contribution in [3.8, 4) is 0 Å². The van der Waals surface area contributed by atoms with Crippen LogP contribution in [0.4, 0.5) is 0 Å². The average molecular weight is 273 g/mol. The zero-order chi connectivity index (χ0) is 11.3.